The molecule has 6 heteroatoms. The van der Waals surface area contributed by atoms with Crippen molar-refractivity contribution in [2.24, 2.45) is 0 Å². The highest BCUT2D eigenvalue weighted by Crippen LogP contribution is 2.20. The molecule has 1 aromatic heterocycles. The molecule has 1 fully saturated rings. The molecule has 17 heavy (non-hydrogen) atoms. The summed E-state index contributed by atoms with van der Waals surface area (Å²) in [6.07, 6.45) is 1.40. The van der Waals surface area contributed by atoms with Gasteiger partial charge in [0.15, 0.2) is 5.82 Å². The third-order valence-corrected chi connectivity index (χ3v) is 3.46. The normalized spacial score (nSPS) is 17.8. The first-order valence-corrected chi connectivity index (χ1v) is 6.19. The lowest BCUT2D eigenvalue weighted by Crippen LogP contribution is -2.49. The molecule has 1 aromatic rings. The van der Waals surface area contributed by atoms with Crippen LogP contribution in [0.25, 0.3) is 0 Å². The summed E-state index contributed by atoms with van der Waals surface area (Å²) in [4.78, 5) is 22.5. The Morgan fingerprint density at radius 1 is 1.35 bits per heavy atom. The molecular weight excluding hydrogens is 240 g/mol. The van der Waals surface area contributed by atoms with Crippen molar-refractivity contribution in [3.05, 3.63) is 21.7 Å². The molecule has 2 heterocycles. The molecule has 0 amide bonds. The minimum Gasteiger partial charge on any atom is -0.353 e. The largest absolute Gasteiger partial charge is 0.353 e. The van der Waals surface area contributed by atoms with Crippen LogP contribution in [-0.4, -0.2) is 47.1 Å². The second kappa shape index (κ2) is 5.06. The highest BCUT2D eigenvalue weighted by atomic mass is 35.5. The second-order valence-electron chi connectivity index (χ2n) is 4.49. The van der Waals surface area contributed by atoms with Gasteiger partial charge in [0.1, 0.15) is 5.02 Å². The van der Waals surface area contributed by atoms with E-state index in [9.17, 15) is 4.79 Å². The van der Waals surface area contributed by atoms with Crippen molar-refractivity contribution in [3.8, 4) is 0 Å². The molecule has 1 saturated heterocycles. The quantitative estimate of drug-likeness (QED) is 0.856. The van der Waals surface area contributed by atoms with Crippen LogP contribution < -0.4 is 10.5 Å². The molecule has 5 nitrogen and oxygen atoms in total. The minimum atomic E-state index is -0.275. The van der Waals surface area contributed by atoms with Crippen LogP contribution in [0.2, 0.25) is 5.02 Å². The molecule has 0 atom stereocenters. The summed E-state index contributed by atoms with van der Waals surface area (Å²) in [6.45, 7) is 8.04. The van der Waals surface area contributed by atoms with Crippen LogP contribution in [0.4, 0.5) is 5.82 Å². The van der Waals surface area contributed by atoms with Gasteiger partial charge in [0.25, 0.3) is 5.56 Å². The van der Waals surface area contributed by atoms with E-state index in [-0.39, 0.29) is 10.6 Å². The fourth-order valence-corrected chi connectivity index (χ4v) is 2.27. The van der Waals surface area contributed by atoms with Crippen molar-refractivity contribution in [2.45, 2.75) is 19.9 Å². The average Bonchev–Trinajstić information content (AvgIpc) is 2.33. The van der Waals surface area contributed by atoms with Crippen LogP contribution in [0.1, 0.15) is 13.8 Å². The number of H-pyrrole nitrogens is 1. The summed E-state index contributed by atoms with van der Waals surface area (Å²) >= 11 is 5.96. The van der Waals surface area contributed by atoms with Crippen LogP contribution >= 0.6 is 11.6 Å². The van der Waals surface area contributed by atoms with Crippen LogP contribution in [0.15, 0.2) is 11.1 Å². The molecule has 2 rings (SSSR count). The SMILES string of the molecule is CC(C)N1CCN(c2nc[nH]c(=O)c2Cl)CC1. The summed E-state index contributed by atoms with van der Waals surface area (Å²) < 4.78 is 0. The van der Waals surface area contributed by atoms with Crippen LogP contribution in [0, 0.1) is 0 Å². The minimum absolute atomic E-state index is 0.186. The number of piperazine rings is 1. The summed E-state index contributed by atoms with van der Waals surface area (Å²) in [6, 6.07) is 0.555. The molecule has 0 radical (unpaired) electrons. The fourth-order valence-electron chi connectivity index (χ4n) is 2.04. The number of halogens is 1. The second-order valence-corrected chi connectivity index (χ2v) is 4.86. The third-order valence-electron chi connectivity index (χ3n) is 3.12. The van der Waals surface area contributed by atoms with Gasteiger partial charge in [-0.05, 0) is 13.8 Å². The van der Waals surface area contributed by atoms with E-state index in [1.807, 2.05) is 0 Å². The Morgan fingerprint density at radius 2 is 2.00 bits per heavy atom. The first kappa shape index (κ1) is 12.4. The first-order chi connectivity index (χ1) is 8.09. The first-order valence-electron chi connectivity index (χ1n) is 5.82. The van der Waals surface area contributed by atoms with Crippen LogP contribution in [0.5, 0.6) is 0 Å². The number of rotatable bonds is 2. The van der Waals surface area contributed by atoms with Crippen LogP contribution in [-0.2, 0) is 0 Å². The molecule has 0 bridgehead atoms. The summed E-state index contributed by atoms with van der Waals surface area (Å²) in [5.74, 6) is 0.596. The molecule has 1 aliphatic heterocycles. The van der Waals surface area contributed by atoms with E-state index >= 15 is 0 Å². The molecule has 0 aromatic carbocycles. The molecular formula is C11H17ClN4O. The van der Waals surface area contributed by atoms with Crippen molar-refractivity contribution in [1.29, 1.82) is 0 Å². The number of nitrogens with one attached hydrogen (secondary N) is 1. The van der Waals surface area contributed by atoms with Crippen LogP contribution in [0.3, 0.4) is 0 Å². The number of hydrogen-bond acceptors (Lipinski definition) is 4. The Labute approximate surface area is 105 Å². The maximum atomic E-state index is 11.4. The van der Waals surface area contributed by atoms with E-state index in [2.05, 4.69) is 33.6 Å². The number of anilines is 1. The molecule has 94 valence electrons. The molecule has 1 N–H and O–H groups in total. The van der Waals surface area contributed by atoms with Crippen molar-refractivity contribution in [1.82, 2.24) is 14.9 Å². The van der Waals surface area contributed by atoms with Crippen molar-refractivity contribution >= 4 is 17.4 Å². The van der Waals surface area contributed by atoms with Crippen molar-refractivity contribution in [3.63, 3.8) is 0 Å². The van der Waals surface area contributed by atoms with Gasteiger partial charge in [-0.1, -0.05) is 11.6 Å². The van der Waals surface area contributed by atoms with Gasteiger partial charge < -0.3 is 9.88 Å². The Kier molecular flexibility index (Phi) is 3.69. The Morgan fingerprint density at radius 3 is 2.59 bits per heavy atom. The van der Waals surface area contributed by atoms with E-state index in [1.165, 1.54) is 6.33 Å². The van der Waals surface area contributed by atoms with Gasteiger partial charge in [-0.15, -0.1) is 0 Å². The van der Waals surface area contributed by atoms with E-state index < -0.39 is 0 Å². The zero-order valence-electron chi connectivity index (χ0n) is 10.1. The maximum absolute atomic E-state index is 11.4. The average molecular weight is 257 g/mol. The van der Waals surface area contributed by atoms with Gasteiger partial charge >= 0.3 is 0 Å². The van der Waals surface area contributed by atoms with Gasteiger partial charge in [0.2, 0.25) is 0 Å². The molecule has 0 saturated carbocycles. The zero-order chi connectivity index (χ0) is 12.4. The molecule has 0 unspecified atom stereocenters. The van der Waals surface area contributed by atoms with Gasteiger partial charge in [-0.2, -0.15) is 0 Å². The number of nitrogens with zero attached hydrogens (tertiary/aromatic N) is 3. The topological polar surface area (TPSA) is 52.2 Å². The van der Waals surface area contributed by atoms with E-state index in [1.54, 1.807) is 0 Å². The monoisotopic (exact) mass is 256 g/mol. The summed E-state index contributed by atoms with van der Waals surface area (Å²) in [5.41, 5.74) is -0.275. The third kappa shape index (κ3) is 2.61. The predicted molar refractivity (Wildman–Crippen MR) is 68.8 cm³/mol. The lowest BCUT2D eigenvalue weighted by atomic mass is 10.2. The number of aromatic nitrogens is 2. The van der Waals surface area contributed by atoms with Gasteiger partial charge in [0.05, 0.1) is 6.33 Å². The summed E-state index contributed by atoms with van der Waals surface area (Å²) in [7, 11) is 0. The van der Waals surface area contributed by atoms with Crippen molar-refractivity contribution in [2.75, 3.05) is 31.1 Å². The highest BCUT2D eigenvalue weighted by Gasteiger charge is 2.21. The number of aromatic amines is 1. The lowest BCUT2D eigenvalue weighted by Gasteiger charge is -2.37. The number of hydrogen-bond donors (Lipinski definition) is 1. The Bertz CT molecular complexity index is 437. The molecule has 0 aliphatic carbocycles. The lowest BCUT2D eigenvalue weighted by molar-refractivity contribution is 0.209. The maximum Gasteiger partial charge on any atom is 0.271 e. The predicted octanol–water partition coefficient (Wildman–Crippen LogP) is 0.954. The highest BCUT2D eigenvalue weighted by molar-refractivity contribution is 6.32. The smallest absolute Gasteiger partial charge is 0.271 e. The molecule has 1 aliphatic rings. The van der Waals surface area contributed by atoms with Gasteiger partial charge in [0, 0.05) is 32.2 Å². The summed E-state index contributed by atoms with van der Waals surface area (Å²) in [5, 5.41) is 0.186. The zero-order valence-corrected chi connectivity index (χ0v) is 10.9. The molecule has 0 spiro atoms. The Balaban J connectivity index is 2.11. The van der Waals surface area contributed by atoms with Gasteiger partial charge in [-0.25, -0.2) is 4.98 Å². The van der Waals surface area contributed by atoms with E-state index in [4.69, 9.17) is 11.6 Å². The Hall–Kier alpha value is -1.07. The van der Waals surface area contributed by atoms with Crippen molar-refractivity contribution < 1.29 is 0 Å². The van der Waals surface area contributed by atoms with Gasteiger partial charge in [-0.3, -0.25) is 9.69 Å². The van der Waals surface area contributed by atoms with E-state index in [0.717, 1.165) is 26.2 Å². The van der Waals surface area contributed by atoms with E-state index in [0.29, 0.717) is 11.9 Å². The standard InChI is InChI=1S/C11H17ClN4O/c1-8(2)15-3-5-16(6-4-15)10-9(12)11(17)14-7-13-10/h7-8H,3-6H2,1-2H3,(H,13,14,17). The fraction of sp³-hybridized carbons (Fsp3) is 0.636.